The molecule has 3 aromatic rings. The van der Waals surface area contributed by atoms with Gasteiger partial charge in [-0.1, -0.05) is 18.2 Å². The largest absolute Gasteiger partial charge is 0.353 e. The molecule has 0 atom stereocenters. The highest BCUT2D eigenvalue weighted by molar-refractivity contribution is 5.92. The number of hydrogen-bond donors (Lipinski definition) is 2. The molecule has 1 aromatic carbocycles. The van der Waals surface area contributed by atoms with Crippen LogP contribution in [-0.2, 0) is 16.0 Å². The number of likely N-dealkylation sites (tertiary alicyclic amines) is 1. The minimum atomic E-state index is -0.0117. The monoisotopic (exact) mass is 435 g/mol. The standard InChI is InChI=1S/C23H29N7O2/c1-16-20(17(2)30-23(26-16)24-15-25-30)8-9-21(31)27-19-10-12-29(13-11-19)14-22(32)28-18-6-4-3-5-7-18/h3-7,15,19H,8-14H2,1-2H3,(H,27,31)(H,28,32). The molecule has 0 aliphatic carbocycles. The molecule has 0 bridgehead atoms. The Balaban J connectivity index is 1.21. The molecule has 2 aromatic heterocycles. The fraction of sp³-hybridized carbons (Fsp3) is 0.435. The lowest BCUT2D eigenvalue weighted by atomic mass is 10.0. The molecule has 0 spiro atoms. The molecule has 1 saturated heterocycles. The molecule has 4 rings (SSSR count). The molecule has 32 heavy (non-hydrogen) atoms. The maximum Gasteiger partial charge on any atom is 0.252 e. The van der Waals surface area contributed by atoms with Gasteiger partial charge in [-0.2, -0.15) is 10.1 Å². The molecule has 0 saturated carbocycles. The van der Waals surface area contributed by atoms with Gasteiger partial charge in [0.15, 0.2) is 0 Å². The Labute approximate surface area is 187 Å². The predicted molar refractivity (Wildman–Crippen MR) is 121 cm³/mol. The van der Waals surface area contributed by atoms with E-state index < -0.39 is 0 Å². The van der Waals surface area contributed by atoms with E-state index >= 15 is 0 Å². The van der Waals surface area contributed by atoms with E-state index in [9.17, 15) is 9.59 Å². The van der Waals surface area contributed by atoms with Crippen LogP contribution in [0.5, 0.6) is 0 Å². The summed E-state index contributed by atoms with van der Waals surface area (Å²) in [6, 6.07) is 9.62. The van der Waals surface area contributed by atoms with Crippen molar-refractivity contribution >= 4 is 23.3 Å². The summed E-state index contributed by atoms with van der Waals surface area (Å²) in [6.07, 6.45) is 4.20. The van der Waals surface area contributed by atoms with E-state index in [4.69, 9.17) is 0 Å². The van der Waals surface area contributed by atoms with E-state index in [0.717, 1.165) is 48.6 Å². The third kappa shape index (κ3) is 5.28. The van der Waals surface area contributed by atoms with Crippen LogP contribution in [0.2, 0.25) is 0 Å². The molecule has 9 heteroatoms. The van der Waals surface area contributed by atoms with E-state index in [1.165, 1.54) is 6.33 Å². The number of nitrogens with zero attached hydrogens (tertiary/aromatic N) is 5. The first kappa shape index (κ1) is 21.9. The van der Waals surface area contributed by atoms with Gasteiger partial charge >= 0.3 is 0 Å². The SMILES string of the molecule is Cc1nc2ncnn2c(C)c1CCC(=O)NC1CCN(CC(=O)Nc2ccccc2)CC1. The highest BCUT2D eigenvalue weighted by Gasteiger charge is 2.22. The van der Waals surface area contributed by atoms with Crippen molar-refractivity contribution in [3.05, 3.63) is 53.6 Å². The molecule has 1 aliphatic heterocycles. The molecule has 168 valence electrons. The number of benzene rings is 1. The first-order chi connectivity index (χ1) is 15.5. The topological polar surface area (TPSA) is 105 Å². The van der Waals surface area contributed by atoms with Crippen LogP contribution in [0, 0.1) is 13.8 Å². The van der Waals surface area contributed by atoms with E-state index in [1.807, 2.05) is 44.2 Å². The van der Waals surface area contributed by atoms with Gasteiger partial charge in [-0.05, 0) is 50.8 Å². The van der Waals surface area contributed by atoms with Gasteiger partial charge in [0.05, 0.1) is 6.54 Å². The van der Waals surface area contributed by atoms with Crippen molar-refractivity contribution in [1.82, 2.24) is 29.8 Å². The lowest BCUT2D eigenvalue weighted by Gasteiger charge is -2.31. The van der Waals surface area contributed by atoms with E-state index in [0.29, 0.717) is 25.2 Å². The maximum absolute atomic E-state index is 12.5. The van der Waals surface area contributed by atoms with E-state index in [1.54, 1.807) is 4.52 Å². The number of para-hydroxylation sites is 1. The number of nitrogens with one attached hydrogen (secondary N) is 2. The fourth-order valence-corrected chi connectivity index (χ4v) is 4.22. The van der Waals surface area contributed by atoms with Gasteiger partial charge in [-0.15, -0.1) is 0 Å². The molecule has 0 unspecified atom stereocenters. The third-order valence-corrected chi connectivity index (χ3v) is 5.97. The van der Waals surface area contributed by atoms with Crippen LogP contribution in [0.3, 0.4) is 0 Å². The number of anilines is 1. The predicted octanol–water partition coefficient (Wildman–Crippen LogP) is 1.89. The lowest BCUT2D eigenvalue weighted by molar-refractivity contribution is -0.122. The highest BCUT2D eigenvalue weighted by atomic mass is 16.2. The first-order valence-corrected chi connectivity index (χ1v) is 11.0. The number of carbonyl (C=O) groups excluding carboxylic acids is 2. The van der Waals surface area contributed by atoms with Gasteiger partial charge < -0.3 is 10.6 Å². The summed E-state index contributed by atoms with van der Waals surface area (Å²) in [5.41, 5.74) is 3.71. The Kier molecular flexibility index (Phi) is 6.75. The van der Waals surface area contributed by atoms with E-state index in [2.05, 4.69) is 30.6 Å². The average molecular weight is 436 g/mol. The number of carbonyl (C=O) groups is 2. The van der Waals surface area contributed by atoms with Crippen molar-refractivity contribution in [1.29, 1.82) is 0 Å². The summed E-state index contributed by atoms with van der Waals surface area (Å²) in [5, 5.41) is 10.3. The molecule has 2 amide bonds. The van der Waals surface area contributed by atoms with Crippen molar-refractivity contribution in [3.63, 3.8) is 0 Å². The quantitative estimate of drug-likeness (QED) is 0.587. The second kappa shape index (κ2) is 9.86. The van der Waals surface area contributed by atoms with Gasteiger partial charge in [-0.3, -0.25) is 14.5 Å². The fourth-order valence-electron chi connectivity index (χ4n) is 4.22. The number of amides is 2. The molecular formula is C23H29N7O2. The van der Waals surface area contributed by atoms with Crippen molar-refractivity contribution in [2.75, 3.05) is 25.0 Å². The molecule has 1 fully saturated rings. The Hall–Kier alpha value is -3.33. The van der Waals surface area contributed by atoms with Gasteiger partial charge in [0.2, 0.25) is 11.8 Å². The Morgan fingerprint density at radius 2 is 1.84 bits per heavy atom. The lowest BCUT2D eigenvalue weighted by Crippen LogP contribution is -2.46. The van der Waals surface area contributed by atoms with Crippen LogP contribution in [0.25, 0.3) is 5.78 Å². The van der Waals surface area contributed by atoms with Crippen LogP contribution >= 0.6 is 0 Å². The number of fused-ring (bicyclic) bond motifs is 1. The smallest absolute Gasteiger partial charge is 0.252 e. The van der Waals surface area contributed by atoms with Crippen LogP contribution in [0.15, 0.2) is 36.7 Å². The minimum Gasteiger partial charge on any atom is -0.353 e. The summed E-state index contributed by atoms with van der Waals surface area (Å²) in [5.74, 6) is 0.613. The molecular weight excluding hydrogens is 406 g/mol. The zero-order chi connectivity index (χ0) is 22.5. The number of hydrogen-bond acceptors (Lipinski definition) is 6. The van der Waals surface area contributed by atoms with Crippen molar-refractivity contribution < 1.29 is 9.59 Å². The third-order valence-electron chi connectivity index (χ3n) is 5.97. The second-order valence-electron chi connectivity index (χ2n) is 8.27. The van der Waals surface area contributed by atoms with Crippen LogP contribution in [-0.4, -0.2) is 62.0 Å². The minimum absolute atomic E-state index is 0.0117. The van der Waals surface area contributed by atoms with Gasteiger partial charge in [0.25, 0.3) is 5.78 Å². The Bertz CT molecular complexity index is 1090. The van der Waals surface area contributed by atoms with Gasteiger partial charge in [0, 0.05) is 42.6 Å². The summed E-state index contributed by atoms with van der Waals surface area (Å²) in [7, 11) is 0. The van der Waals surface area contributed by atoms with Crippen molar-refractivity contribution in [2.45, 2.75) is 45.6 Å². The first-order valence-electron chi connectivity index (χ1n) is 11.0. The van der Waals surface area contributed by atoms with Crippen molar-refractivity contribution in [2.24, 2.45) is 0 Å². The summed E-state index contributed by atoms with van der Waals surface area (Å²) < 4.78 is 1.71. The zero-order valence-corrected chi connectivity index (χ0v) is 18.5. The van der Waals surface area contributed by atoms with Gasteiger partial charge in [-0.25, -0.2) is 9.50 Å². The molecule has 1 aliphatic rings. The normalized spacial score (nSPS) is 15.1. The number of piperidine rings is 1. The summed E-state index contributed by atoms with van der Waals surface area (Å²) >= 11 is 0. The number of rotatable bonds is 7. The number of aryl methyl sites for hydroxylation is 2. The Morgan fingerprint density at radius 1 is 1.09 bits per heavy atom. The highest BCUT2D eigenvalue weighted by Crippen LogP contribution is 2.16. The van der Waals surface area contributed by atoms with E-state index in [-0.39, 0.29) is 17.9 Å². The number of aromatic nitrogens is 4. The van der Waals surface area contributed by atoms with Crippen LogP contribution in [0.1, 0.15) is 36.2 Å². The van der Waals surface area contributed by atoms with Gasteiger partial charge in [0.1, 0.15) is 6.33 Å². The molecule has 0 radical (unpaired) electrons. The average Bonchev–Trinajstić information content (AvgIpc) is 3.24. The Morgan fingerprint density at radius 3 is 2.59 bits per heavy atom. The molecule has 9 nitrogen and oxygen atoms in total. The van der Waals surface area contributed by atoms with Crippen LogP contribution < -0.4 is 10.6 Å². The summed E-state index contributed by atoms with van der Waals surface area (Å²) in [4.78, 5) is 35.5. The molecule has 3 heterocycles. The molecule has 2 N–H and O–H groups in total. The zero-order valence-electron chi connectivity index (χ0n) is 18.5. The maximum atomic E-state index is 12.5. The van der Waals surface area contributed by atoms with Crippen LogP contribution in [0.4, 0.5) is 5.69 Å². The summed E-state index contributed by atoms with van der Waals surface area (Å²) in [6.45, 7) is 5.87. The second-order valence-corrected chi connectivity index (χ2v) is 8.27. The van der Waals surface area contributed by atoms with Crippen molar-refractivity contribution in [3.8, 4) is 0 Å².